The molecule has 0 saturated heterocycles. The van der Waals surface area contributed by atoms with E-state index in [0.717, 1.165) is 32.0 Å². The molecule has 0 spiro atoms. The SMILES string of the molecule is C[C@H](CC(=O)NC(c1ccn2cc([C@@H](NC(=O)c3ccnc(CC(F)(F)F)c3)C3CCC(F)(F)CC3)nc2n1)C1CC1)C(F)(F)F. The molecule has 2 aliphatic carbocycles. The normalized spacial score (nSPS) is 19.4. The highest BCUT2D eigenvalue weighted by molar-refractivity contribution is 5.94. The van der Waals surface area contributed by atoms with Gasteiger partial charge in [-0.25, -0.2) is 18.7 Å². The van der Waals surface area contributed by atoms with Crippen LogP contribution in [0.15, 0.2) is 36.8 Å². The number of rotatable bonds is 10. The van der Waals surface area contributed by atoms with E-state index in [9.17, 15) is 44.7 Å². The van der Waals surface area contributed by atoms with Crippen molar-refractivity contribution < 1.29 is 44.7 Å². The summed E-state index contributed by atoms with van der Waals surface area (Å²) in [5.74, 6) is -6.53. The lowest BCUT2D eigenvalue weighted by molar-refractivity contribution is -0.174. The molecule has 0 aliphatic heterocycles. The van der Waals surface area contributed by atoms with E-state index in [2.05, 4.69) is 25.6 Å². The number of carbonyl (C=O) groups is 2. The molecule has 5 rings (SSSR count). The first-order valence-corrected chi connectivity index (χ1v) is 14.9. The molecule has 3 atom stereocenters. The van der Waals surface area contributed by atoms with Crippen LogP contribution in [0.2, 0.25) is 0 Å². The van der Waals surface area contributed by atoms with Crippen LogP contribution in [0.5, 0.6) is 0 Å². The van der Waals surface area contributed by atoms with Crippen LogP contribution in [0.1, 0.15) is 91.4 Å². The van der Waals surface area contributed by atoms with Crippen molar-refractivity contribution in [3.05, 3.63) is 59.4 Å². The van der Waals surface area contributed by atoms with Gasteiger partial charge in [-0.3, -0.25) is 19.0 Å². The minimum atomic E-state index is -4.54. The van der Waals surface area contributed by atoms with Gasteiger partial charge in [0.2, 0.25) is 17.6 Å². The van der Waals surface area contributed by atoms with Crippen LogP contribution in [-0.4, -0.2) is 49.4 Å². The summed E-state index contributed by atoms with van der Waals surface area (Å²) in [5, 5.41) is 5.45. The van der Waals surface area contributed by atoms with Crippen LogP contribution in [0.4, 0.5) is 35.1 Å². The van der Waals surface area contributed by atoms with Crippen molar-refractivity contribution in [2.24, 2.45) is 17.8 Å². The number of carbonyl (C=O) groups excluding carboxylic acids is 2. The molecule has 2 aliphatic rings. The summed E-state index contributed by atoms with van der Waals surface area (Å²) in [6.45, 7) is 0.931. The molecule has 3 aromatic heterocycles. The second-order valence-corrected chi connectivity index (χ2v) is 12.2. The van der Waals surface area contributed by atoms with Crippen LogP contribution in [-0.2, 0) is 11.2 Å². The van der Waals surface area contributed by atoms with Crippen molar-refractivity contribution in [2.45, 2.75) is 88.6 Å². The average molecular weight is 661 g/mol. The van der Waals surface area contributed by atoms with E-state index in [1.165, 1.54) is 10.5 Å². The maximum atomic E-state index is 14.0. The van der Waals surface area contributed by atoms with Gasteiger partial charge in [-0.1, -0.05) is 6.92 Å². The molecule has 3 aromatic rings. The predicted octanol–water partition coefficient (Wildman–Crippen LogP) is 6.68. The molecule has 2 fully saturated rings. The summed E-state index contributed by atoms with van der Waals surface area (Å²) in [4.78, 5) is 38.5. The summed E-state index contributed by atoms with van der Waals surface area (Å²) in [6, 6.07) is 2.33. The average Bonchev–Trinajstić information content (AvgIpc) is 3.71. The zero-order valence-electron chi connectivity index (χ0n) is 24.6. The van der Waals surface area contributed by atoms with Crippen LogP contribution in [0, 0.1) is 17.8 Å². The van der Waals surface area contributed by atoms with Crippen LogP contribution in [0.3, 0.4) is 0 Å². The zero-order valence-corrected chi connectivity index (χ0v) is 24.6. The van der Waals surface area contributed by atoms with Gasteiger partial charge < -0.3 is 10.6 Å². The van der Waals surface area contributed by atoms with Gasteiger partial charge in [0.1, 0.15) is 0 Å². The van der Waals surface area contributed by atoms with Gasteiger partial charge >= 0.3 is 12.4 Å². The summed E-state index contributed by atoms with van der Waals surface area (Å²) >= 11 is 0. The monoisotopic (exact) mass is 660 g/mol. The molecule has 250 valence electrons. The number of amides is 2. The molecule has 3 heterocycles. The largest absolute Gasteiger partial charge is 0.394 e. The summed E-state index contributed by atoms with van der Waals surface area (Å²) in [6.07, 6.45) is -6.14. The maximum absolute atomic E-state index is 14.0. The first-order chi connectivity index (χ1) is 21.5. The maximum Gasteiger partial charge on any atom is 0.394 e. The lowest BCUT2D eigenvalue weighted by Gasteiger charge is -2.33. The van der Waals surface area contributed by atoms with Gasteiger partial charge in [-0.05, 0) is 55.7 Å². The van der Waals surface area contributed by atoms with Gasteiger partial charge in [0.25, 0.3) is 5.91 Å². The fraction of sp³-hybridized carbons (Fsp3) is 0.567. The summed E-state index contributed by atoms with van der Waals surface area (Å²) < 4.78 is 107. The number of imidazole rings is 1. The van der Waals surface area contributed by atoms with Crippen molar-refractivity contribution in [3.8, 4) is 0 Å². The summed E-state index contributed by atoms with van der Waals surface area (Å²) in [7, 11) is 0. The Morgan fingerprint density at radius 2 is 1.59 bits per heavy atom. The topological polar surface area (TPSA) is 101 Å². The molecule has 1 unspecified atom stereocenters. The number of hydrogen-bond acceptors (Lipinski definition) is 5. The molecule has 2 saturated carbocycles. The number of aromatic nitrogens is 4. The number of alkyl halides is 8. The van der Waals surface area contributed by atoms with E-state index >= 15 is 0 Å². The van der Waals surface area contributed by atoms with E-state index < -0.39 is 79.7 Å². The fourth-order valence-electron chi connectivity index (χ4n) is 5.69. The van der Waals surface area contributed by atoms with E-state index in [4.69, 9.17) is 0 Å². The highest BCUT2D eigenvalue weighted by Gasteiger charge is 2.41. The second-order valence-electron chi connectivity index (χ2n) is 12.2. The highest BCUT2D eigenvalue weighted by atomic mass is 19.4. The smallest absolute Gasteiger partial charge is 0.347 e. The third kappa shape index (κ3) is 8.49. The Hall–Kier alpha value is -3.85. The molecule has 8 nitrogen and oxygen atoms in total. The number of nitrogens with zero attached hydrogens (tertiary/aromatic N) is 4. The Kier molecular flexibility index (Phi) is 9.28. The molecule has 0 radical (unpaired) electrons. The van der Waals surface area contributed by atoms with Crippen molar-refractivity contribution in [3.63, 3.8) is 0 Å². The molecule has 2 N–H and O–H groups in total. The number of nitrogens with one attached hydrogen (secondary N) is 2. The molecule has 0 bridgehead atoms. The van der Waals surface area contributed by atoms with E-state index in [1.54, 1.807) is 18.5 Å². The lowest BCUT2D eigenvalue weighted by Crippen LogP contribution is -2.37. The third-order valence-electron chi connectivity index (χ3n) is 8.44. The Labute approximate surface area is 258 Å². The van der Waals surface area contributed by atoms with Crippen LogP contribution < -0.4 is 10.6 Å². The standard InChI is InChI=1S/C30H32F8N6O2/c1-16(30(36,37)38)12-23(45)42-24(17-2-3-17)21-7-11-44-15-22(41-27(44)40-21)25(18-4-8-28(31,32)9-5-18)43-26(46)19-6-10-39-20(13-19)14-29(33,34)35/h6-7,10-11,13,15-18,24-25H,2-5,8-9,12,14H2,1H3,(H,42,45)(H,43,46)/t16-,24?,25+/m1/s1. The van der Waals surface area contributed by atoms with Gasteiger partial charge in [0.05, 0.1) is 41.5 Å². The molecule has 0 aromatic carbocycles. The van der Waals surface area contributed by atoms with Gasteiger partial charge in [0, 0.05) is 43.4 Å². The lowest BCUT2D eigenvalue weighted by atomic mass is 9.81. The quantitative estimate of drug-likeness (QED) is 0.236. The van der Waals surface area contributed by atoms with Gasteiger partial charge in [-0.2, -0.15) is 26.3 Å². The Morgan fingerprint density at radius 1 is 0.957 bits per heavy atom. The first kappa shape index (κ1) is 33.5. The Bertz CT molecular complexity index is 1560. The molecule has 16 heteroatoms. The molecular formula is C30H32F8N6O2. The second kappa shape index (κ2) is 12.7. The third-order valence-corrected chi connectivity index (χ3v) is 8.44. The van der Waals surface area contributed by atoms with Crippen molar-refractivity contribution in [1.82, 2.24) is 30.0 Å². The minimum Gasteiger partial charge on any atom is -0.347 e. The Morgan fingerprint density at radius 3 is 2.22 bits per heavy atom. The highest BCUT2D eigenvalue weighted by Crippen LogP contribution is 2.43. The van der Waals surface area contributed by atoms with E-state index in [0.29, 0.717) is 5.69 Å². The predicted molar refractivity (Wildman–Crippen MR) is 148 cm³/mol. The van der Waals surface area contributed by atoms with Gasteiger partial charge in [0.15, 0.2) is 0 Å². The number of pyridine rings is 1. The first-order valence-electron chi connectivity index (χ1n) is 14.9. The molecular weight excluding hydrogens is 628 g/mol. The minimum absolute atomic E-state index is 0.0203. The van der Waals surface area contributed by atoms with Gasteiger partial charge in [-0.15, -0.1) is 0 Å². The number of fused-ring (bicyclic) bond motifs is 1. The van der Waals surface area contributed by atoms with Crippen molar-refractivity contribution >= 4 is 17.6 Å². The zero-order chi connectivity index (χ0) is 33.4. The Balaban J connectivity index is 1.40. The molecule has 46 heavy (non-hydrogen) atoms. The fourth-order valence-corrected chi connectivity index (χ4v) is 5.69. The summed E-state index contributed by atoms with van der Waals surface area (Å²) in [5.41, 5.74) is 0.215. The van der Waals surface area contributed by atoms with E-state index in [1.807, 2.05) is 0 Å². The van der Waals surface area contributed by atoms with Crippen molar-refractivity contribution in [1.29, 1.82) is 0 Å². The van der Waals surface area contributed by atoms with Crippen LogP contribution >= 0.6 is 0 Å². The van der Waals surface area contributed by atoms with E-state index in [-0.39, 0.29) is 41.5 Å². The molecule has 2 amide bonds. The number of hydrogen-bond donors (Lipinski definition) is 2. The van der Waals surface area contributed by atoms with Crippen molar-refractivity contribution in [2.75, 3.05) is 0 Å². The van der Waals surface area contributed by atoms with Crippen LogP contribution in [0.25, 0.3) is 5.78 Å². The number of halogens is 8.